The van der Waals surface area contributed by atoms with Crippen LogP contribution < -0.4 is 0 Å². The van der Waals surface area contributed by atoms with Gasteiger partial charge in [0.2, 0.25) is 0 Å². The van der Waals surface area contributed by atoms with Gasteiger partial charge in [-0.25, -0.2) is 0 Å². The van der Waals surface area contributed by atoms with Crippen LogP contribution in [0.5, 0.6) is 0 Å². The fourth-order valence-electron chi connectivity index (χ4n) is 1.59. The number of alkyl halides is 4. The maximum atomic E-state index is 12.0. The molecule has 2 atom stereocenters. The smallest absolute Gasteiger partial charge is 0.422 e. The van der Waals surface area contributed by atoms with Crippen molar-refractivity contribution in [3.63, 3.8) is 0 Å². The molecule has 0 radical (unpaired) electrons. The Morgan fingerprint density at radius 2 is 2.17 bits per heavy atom. The summed E-state index contributed by atoms with van der Waals surface area (Å²) in [6.45, 7) is -1.42. The minimum absolute atomic E-state index is 0.0518. The van der Waals surface area contributed by atoms with Crippen molar-refractivity contribution in [3.8, 4) is 0 Å². The molecule has 1 rings (SSSR count). The largest absolute Gasteiger partial charge is 0.486 e. The van der Waals surface area contributed by atoms with E-state index >= 15 is 0 Å². The molecule has 0 aromatic carbocycles. The summed E-state index contributed by atoms with van der Waals surface area (Å²) >= 11 is 16.4. The first kappa shape index (κ1) is 15.7. The van der Waals surface area contributed by atoms with Crippen molar-refractivity contribution in [2.45, 2.75) is 24.4 Å². The van der Waals surface area contributed by atoms with E-state index in [-0.39, 0.29) is 35.3 Å². The quantitative estimate of drug-likeness (QED) is 0.481. The molecule has 0 aromatic rings. The van der Waals surface area contributed by atoms with Crippen molar-refractivity contribution >= 4 is 46.5 Å². The van der Waals surface area contributed by atoms with Gasteiger partial charge in [-0.2, -0.15) is 13.2 Å². The second-order valence-corrected chi connectivity index (χ2v) is 5.07. The SMILES string of the molecule is N=C(C=S)C1CC(Cl)=C(OCC(F)(F)F)C(Cl)C1. The monoisotopic (exact) mass is 319 g/mol. The fraction of sp³-hybridized carbons (Fsp3) is 0.600. The van der Waals surface area contributed by atoms with Crippen LogP contribution in [0.3, 0.4) is 0 Å². The predicted octanol–water partition coefficient (Wildman–Crippen LogP) is 4.05. The molecule has 1 aliphatic rings. The number of ether oxygens (including phenoxy) is 1. The predicted molar refractivity (Wildman–Crippen MR) is 68.6 cm³/mol. The lowest BCUT2D eigenvalue weighted by molar-refractivity contribution is -0.165. The maximum Gasteiger partial charge on any atom is 0.422 e. The molecule has 0 heterocycles. The zero-order chi connectivity index (χ0) is 13.9. The van der Waals surface area contributed by atoms with E-state index in [2.05, 4.69) is 17.0 Å². The number of hydrogen-bond acceptors (Lipinski definition) is 3. The second-order valence-electron chi connectivity index (χ2n) is 3.85. The van der Waals surface area contributed by atoms with Crippen molar-refractivity contribution in [2.75, 3.05) is 6.61 Å². The van der Waals surface area contributed by atoms with Crippen molar-refractivity contribution in [3.05, 3.63) is 10.8 Å². The fourth-order valence-corrected chi connectivity index (χ4v) is 2.62. The third-order valence-electron chi connectivity index (χ3n) is 2.43. The number of thiocarbonyl (C=S) groups is 1. The van der Waals surface area contributed by atoms with Gasteiger partial charge in [-0.15, -0.1) is 11.6 Å². The molecule has 1 N–H and O–H groups in total. The Morgan fingerprint density at radius 1 is 1.56 bits per heavy atom. The Morgan fingerprint density at radius 3 is 2.61 bits per heavy atom. The summed E-state index contributed by atoms with van der Waals surface area (Å²) in [5.74, 6) is -0.320. The first-order chi connectivity index (χ1) is 8.24. The van der Waals surface area contributed by atoms with Crippen LogP contribution in [-0.2, 0) is 4.74 Å². The minimum Gasteiger partial charge on any atom is -0.486 e. The van der Waals surface area contributed by atoms with Crippen LogP contribution in [0.2, 0.25) is 0 Å². The summed E-state index contributed by atoms with van der Waals surface area (Å²) in [7, 11) is 0. The van der Waals surface area contributed by atoms with E-state index in [1.807, 2.05) is 0 Å². The van der Waals surface area contributed by atoms with Crippen LogP contribution >= 0.6 is 35.4 Å². The van der Waals surface area contributed by atoms with Crippen LogP contribution in [0, 0.1) is 11.3 Å². The molecule has 102 valence electrons. The average molecular weight is 320 g/mol. The van der Waals surface area contributed by atoms with Crippen molar-refractivity contribution < 1.29 is 17.9 Å². The molecule has 18 heavy (non-hydrogen) atoms. The molecule has 0 amide bonds. The lowest BCUT2D eigenvalue weighted by Gasteiger charge is -2.28. The van der Waals surface area contributed by atoms with Gasteiger partial charge in [0.15, 0.2) is 6.61 Å². The zero-order valence-electron chi connectivity index (χ0n) is 9.06. The van der Waals surface area contributed by atoms with E-state index in [0.717, 1.165) is 0 Å². The van der Waals surface area contributed by atoms with E-state index < -0.39 is 18.2 Å². The third kappa shape index (κ3) is 4.40. The zero-order valence-corrected chi connectivity index (χ0v) is 11.4. The first-order valence-corrected chi connectivity index (χ1v) is 6.29. The van der Waals surface area contributed by atoms with Gasteiger partial charge in [0, 0.05) is 17.0 Å². The van der Waals surface area contributed by atoms with Crippen molar-refractivity contribution in [1.82, 2.24) is 0 Å². The minimum atomic E-state index is -4.43. The number of nitrogens with one attached hydrogen (secondary N) is 1. The molecule has 0 saturated heterocycles. The van der Waals surface area contributed by atoms with Crippen LogP contribution in [0.25, 0.3) is 0 Å². The van der Waals surface area contributed by atoms with Crippen LogP contribution in [0.4, 0.5) is 13.2 Å². The normalized spacial score (nSPS) is 24.9. The Hall–Kier alpha value is -0.330. The van der Waals surface area contributed by atoms with Gasteiger partial charge in [-0.1, -0.05) is 23.8 Å². The lowest BCUT2D eigenvalue weighted by Crippen LogP contribution is -2.28. The summed E-state index contributed by atoms with van der Waals surface area (Å²) < 4.78 is 40.7. The van der Waals surface area contributed by atoms with Gasteiger partial charge in [-0.05, 0) is 12.8 Å². The molecule has 2 nitrogen and oxygen atoms in total. The highest BCUT2D eigenvalue weighted by Gasteiger charge is 2.34. The molecule has 0 aliphatic heterocycles. The molecular formula is C10H10Cl2F3NOS. The highest BCUT2D eigenvalue weighted by atomic mass is 35.5. The van der Waals surface area contributed by atoms with E-state index in [0.29, 0.717) is 0 Å². The van der Waals surface area contributed by atoms with Gasteiger partial charge in [-0.3, -0.25) is 0 Å². The Bertz CT molecular complexity index is 384. The standard InChI is InChI=1S/C10H10Cl2F3NOS/c11-6-1-5(8(16)3-18)2-7(12)9(6)17-4-10(13,14)15/h3,5-6,16H,1-2,4H2. The summed E-state index contributed by atoms with van der Waals surface area (Å²) in [4.78, 5) is 0. The highest BCUT2D eigenvalue weighted by molar-refractivity contribution is 7.80. The first-order valence-electron chi connectivity index (χ1n) is 5.00. The Kier molecular flexibility index (Phi) is 5.43. The molecule has 8 heteroatoms. The van der Waals surface area contributed by atoms with Gasteiger partial charge in [0.05, 0.1) is 10.4 Å². The number of halogens is 5. The molecule has 0 fully saturated rings. The summed E-state index contributed by atoms with van der Waals surface area (Å²) in [5.41, 5.74) is 0.198. The molecule has 1 aliphatic carbocycles. The van der Waals surface area contributed by atoms with Crippen molar-refractivity contribution in [1.29, 1.82) is 5.41 Å². The molecular weight excluding hydrogens is 310 g/mol. The Labute approximate surface area is 118 Å². The molecule has 0 spiro atoms. The number of hydrogen-bond donors (Lipinski definition) is 1. The average Bonchev–Trinajstić information content (AvgIpc) is 2.25. The van der Waals surface area contributed by atoms with Gasteiger partial charge in [0.1, 0.15) is 5.76 Å². The second kappa shape index (κ2) is 6.21. The van der Waals surface area contributed by atoms with E-state index in [1.54, 1.807) is 0 Å². The molecule has 2 unspecified atom stereocenters. The molecule has 0 saturated carbocycles. The van der Waals surface area contributed by atoms with E-state index in [1.165, 1.54) is 5.37 Å². The summed E-state index contributed by atoms with van der Waals surface area (Å²) in [5, 5.41) is 8.12. The topological polar surface area (TPSA) is 33.1 Å². The number of rotatable bonds is 4. The maximum absolute atomic E-state index is 12.0. The van der Waals surface area contributed by atoms with Crippen molar-refractivity contribution in [2.24, 2.45) is 5.92 Å². The summed E-state index contributed by atoms with van der Waals surface area (Å²) in [6.07, 6.45) is -3.92. The molecule has 0 bridgehead atoms. The summed E-state index contributed by atoms with van der Waals surface area (Å²) in [6, 6.07) is 0. The van der Waals surface area contributed by atoms with Gasteiger partial charge < -0.3 is 10.1 Å². The Balaban J connectivity index is 2.74. The van der Waals surface area contributed by atoms with Crippen LogP contribution in [0.15, 0.2) is 10.8 Å². The van der Waals surface area contributed by atoms with Gasteiger partial charge >= 0.3 is 6.18 Å². The van der Waals surface area contributed by atoms with Gasteiger partial charge in [0.25, 0.3) is 0 Å². The van der Waals surface area contributed by atoms with Crippen LogP contribution in [-0.4, -0.2) is 29.2 Å². The molecule has 0 aromatic heterocycles. The van der Waals surface area contributed by atoms with E-state index in [4.69, 9.17) is 28.6 Å². The lowest BCUT2D eigenvalue weighted by atomic mass is 9.89. The van der Waals surface area contributed by atoms with Crippen LogP contribution in [0.1, 0.15) is 12.8 Å². The highest BCUT2D eigenvalue weighted by Crippen LogP contribution is 2.36. The number of allylic oxidation sites excluding steroid dienone is 2. The third-order valence-corrected chi connectivity index (χ3v) is 3.40. The van der Waals surface area contributed by atoms with E-state index in [9.17, 15) is 13.2 Å².